The number of sulfone groups is 1. The van der Waals surface area contributed by atoms with Crippen molar-refractivity contribution in [2.45, 2.75) is 11.4 Å². The van der Waals surface area contributed by atoms with E-state index in [0.29, 0.717) is 32.7 Å². The van der Waals surface area contributed by atoms with Crippen LogP contribution in [0.2, 0.25) is 15.1 Å². The van der Waals surface area contributed by atoms with E-state index in [1.165, 1.54) is 30.3 Å². The van der Waals surface area contributed by atoms with Crippen LogP contribution in [0.4, 0.5) is 0 Å². The van der Waals surface area contributed by atoms with Crippen molar-refractivity contribution in [2.24, 2.45) is 0 Å². The first-order valence-electron chi connectivity index (χ1n) is 9.01. The molecule has 1 amide bonds. The first kappa shape index (κ1) is 23.9. The van der Waals surface area contributed by atoms with Gasteiger partial charge in [-0.2, -0.15) is 5.26 Å². The fourth-order valence-corrected chi connectivity index (χ4v) is 4.13. The molecule has 32 heavy (non-hydrogen) atoms. The largest absolute Gasteiger partial charge is 0.457 e. The normalized spacial score (nSPS) is 11.0. The maximum Gasteiger partial charge on any atom is 0.253 e. The Labute approximate surface area is 200 Å². The van der Waals surface area contributed by atoms with Crippen molar-refractivity contribution in [3.63, 3.8) is 0 Å². The standard InChI is InChI=1S/C22H15Cl3N2O4S/c1-32(29,30)18-4-5-19(20(25)10-18)22(28)27-12-14-2-3-15(23)9-21(14)31-17-7-13(11-26)6-16(24)8-17/h2-10H,12H2,1H3,(H,27,28). The van der Waals surface area contributed by atoms with Gasteiger partial charge in [0.2, 0.25) is 0 Å². The van der Waals surface area contributed by atoms with E-state index in [9.17, 15) is 13.2 Å². The summed E-state index contributed by atoms with van der Waals surface area (Å²) < 4.78 is 29.2. The number of carbonyl (C=O) groups is 1. The van der Waals surface area contributed by atoms with Crippen molar-refractivity contribution in [3.05, 3.63) is 86.4 Å². The number of nitrogens with zero attached hydrogens (tertiary/aromatic N) is 1. The maximum absolute atomic E-state index is 12.6. The van der Waals surface area contributed by atoms with Crippen LogP contribution in [-0.2, 0) is 16.4 Å². The Morgan fingerprint density at radius 2 is 1.78 bits per heavy atom. The van der Waals surface area contributed by atoms with Crippen LogP contribution in [0.3, 0.4) is 0 Å². The summed E-state index contributed by atoms with van der Waals surface area (Å²) in [6.45, 7) is 0.0706. The lowest BCUT2D eigenvalue weighted by molar-refractivity contribution is 0.0951. The molecule has 0 saturated carbocycles. The zero-order chi connectivity index (χ0) is 23.5. The van der Waals surface area contributed by atoms with Crippen LogP contribution in [0, 0.1) is 11.3 Å². The molecule has 0 unspecified atom stereocenters. The molecule has 0 spiro atoms. The van der Waals surface area contributed by atoms with Crippen molar-refractivity contribution >= 4 is 50.5 Å². The zero-order valence-electron chi connectivity index (χ0n) is 16.5. The number of carbonyl (C=O) groups excluding carboxylic acids is 1. The summed E-state index contributed by atoms with van der Waals surface area (Å²) >= 11 is 18.2. The highest BCUT2D eigenvalue weighted by Crippen LogP contribution is 2.31. The molecule has 6 nitrogen and oxygen atoms in total. The molecule has 0 aliphatic carbocycles. The molecule has 164 valence electrons. The zero-order valence-corrected chi connectivity index (χ0v) is 19.6. The molecule has 0 aliphatic heterocycles. The summed E-state index contributed by atoms with van der Waals surface area (Å²) in [5, 5.41) is 12.6. The summed E-state index contributed by atoms with van der Waals surface area (Å²) in [6, 6.07) is 15.4. The summed E-state index contributed by atoms with van der Waals surface area (Å²) in [5.41, 5.74) is 1.06. The summed E-state index contributed by atoms with van der Waals surface area (Å²) in [6.07, 6.45) is 1.06. The molecule has 0 saturated heterocycles. The average Bonchev–Trinajstić information content (AvgIpc) is 2.71. The predicted molar refractivity (Wildman–Crippen MR) is 123 cm³/mol. The van der Waals surface area contributed by atoms with Crippen LogP contribution in [0.5, 0.6) is 11.5 Å². The van der Waals surface area contributed by atoms with E-state index in [1.54, 1.807) is 24.3 Å². The minimum absolute atomic E-state index is 0.0148. The van der Waals surface area contributed by atoms with Gasteiger partial charge in [0.05, 0.1) is 27.1 Å². The molecule has 0 radical (unpaired) electrons. The number of nitrogens with one attached hydrogen (secondary N) is 1. The Hall–Kier alpha value is -2.76. The molecule has 3 rings (SSSR count). The second-order valence-electron chi connectivity index (χ2n) is 6.74. The van der Waals surface area contributed by atoms with E-state index in [-0.39, 0.29) is 22.0 Å². The molecular weight excluding hydrogens is 495 g/mol. The van der Waals surface area contributed by atoms with Gasteiger partial charge in [-0.3, -0.25) is 4.79 Å². The maximum atomic E-state index is 12.6. The minimum atomic E-state index is -3.45. The van der Waals surface area contributed by atoms with E-state index in [1.807, 2.05) is 6.07 Å². The third-order valence-corrected chi connectivity index (χ3v) is 6.19. The molecular formula is C22H15Cl3N2O4S. The highest BCUT2D eigenvalue weighted by molar-refractivity contribution is 7.90. The number of halogens is 3. The molecule has 0 atom stereocenters. The summed E-state index contributed by atoms with van der Waals surface area (Å²) in [7, 11) is -3.45. The first-order valence-corrected chi connectivity index (χ1v) is 12.0. The van der Waals surface area contributed by atoms with Crippen molar-refractivity contribution in [2.75, 3.05) is 6.26 Å². The highest BCUT2D eigenvalue weighted by Gasteiger charge is 2.16. The van der Waals surface area contributed by atoms with E-state index >= 15 is 0 Å². The fourth-order valence-electron chi connectivity index (χ4n) is 2.76. The van der Waals surface area contributed by atoms with E-state index in [4.69, 9.17) is 44.8 Å². The van der Waals surface area contributed by atoms with Crippen molar-refractivity contribution < 1.29 is 17.9 Å². The molecule has 3 aromatic rings. The van der Waals surface area contributed by atoms with Crippen molar-refractivity contribution in [3.8, 4) is 17.6 Å². The molecule has 3 aromatic carbocycles. The lowest BCUT2D eigenvalue weighted by Gasteiger charge is -2.14. The third-order valence-electron chi connectivity index (χ3n) is 4.31. The molecule has 0 aromatic heterocycles. The number of rotatable bonds is 6. The Bertz CT molecular complexity index is 1350. The predicted octanol–water partition coefficient (Wildman–Crippen LogP) is 5.64. The van der Waals surface area contributed by atoms with Gasteiger partial charge in [-0.15, -0.1) is 0 Å². The highest BCUT2D eigenvalue weighted by atomic mass is 35.5. The number of hydrogen-bond acceptors (Lipinski definition) is 5. The van der Waals surface area contributed by atoms with Gasteiger partial charge in [0.1, 0.15) is 11.5 Å². The molecule has 0 aliphatic rings. The lowest BCUT2D eigenvalue weighted by Crippen LogP contribution is -2.23. The number of benzene rings is 3. The van der Waals surface area contributed by atoms with E-state index in [2.05, 4.69) is 5.32 Å². The Balaban J connectivity index is 1.81. The number of amides is 1. The van der Waals surface area contributed by atoms with Gasteiger partial charge in [-0.1, -0.05) is 40.9 Å². The third kappa shape index (κ3) is 5.93. The number of ether oxygens (including phenoxy) is 1. The van der Waals surface area contributed by atoms with Crippen LogP contribution in [0.1, 0.15) is 21.5 Å². The molecule has 1 N–H and O–H groups in total. The Morgan fingerprint density at radius 3 is 2.44 bits per heavy atom. The van der Waals surface area contributed by atoms with Gasteiger partial charge < -0.3 is 10.1 Å². The quantitative estimate of drug-likeness (QED) is 0.463. The monoisotopic (exact) mass is 508 g/mol. The van der Waals surface area contributed by atoms with Gasteiger partial charge in [0.15, 0.2) is 9.84 Å². The summed E-state index contributed by atoms with van der Waals surface area (Å²) in [5.74, 6) is 0.205. The van der Waals surface area contributed by atoms with Crippen LogP contribution in [-0.4, -0.2) is 20.6 Å². The smallest absolute Gasteiger partial charge is 0.253 e. The molecule has 0 bridgehead atoms. The van der Waals surface area contributed by atoms with Gasteiger partial charge in [-0.25, -0.2) is 8.42 Å². The van der Waals surface area contributed by atoms with Gasteiger partial charge in [-0.05, 0) is 48.5 Å². The molecule has 10 heteroatoms. The van der Waals surface area contributed by atoms with Gasteiger partial charge in [0, 0.05) is 28.4 Å². The Kier molecular flexibility index (Phi) is 7.32. The Morgan fingerprint density at radius 1 is 1.03 bits per heavy atom. The van der Waals surface area contributed by atoms with Crippen LogP contribution < -0.4 is 10.1 Å². The average molecular weight is 510 g/mol. The van der Waals surface area contributed by atoms with Gasteiger partial charge >= 0.3 is 0 Å². The lowest BCUT2D eigenvalue weighted by atomic mass is 10.1. The molecule has 0 heterocycles. The van der Waals surface area contributed by atoms with Crippen LogP contribution in [0.15, 0.2) is 59.5 Å². The van der Waals surface area contributed by atoms with Gasteiger partial charge in [0.25, 0.3) is 5.91 Å². The fraction of sp³-hybridized carbons (Fsp3) is 0.0909. The summed E-state index contributed by atoms with van der Waals surface area (Å²) in [4.78, 5) is 12.6. The minimum Gasteiger partial charge on any atom is -0.457 e. The second-order valence-corrected chi connectivity index (χ2v) is 10.0. The van der Waals surface area contributed by atoms with E-state index < -0.39 is 15.7 Å². The number of hydrogen-bond donors (Lipinski definition) is 1. The second kappa shape index (κ2) is 9.80. The van der Waals surface area contributed by atoms with Crippen molar-refractivity contribution in [1.29, 1.82) is 5.26 Å². The van der Waals surface area contributed by atoms with Crippen LogP contribution >= 0.6 is 34.8 Å². The molecule has 0 fully saturated rings. The SMILES string of the molecule is CS(=O)(=O)c1ccc(C(=O)NCc2ccc(Cl)cc2Oc2cc(Cl)cc(C#N)c2)c(Cl)c1. The number of nitriles is 1. The topological polar surface area (TPSA) is 96.3 Å². The van der Waals surface area contributed by atoms with Crippen LogP contribution in [0.25, 0.3) is 0 Å². The van der Waals surface area contributed by atoms with Crippen molar-refractivity contribution in [1.82, 2.24) is 5.32 Å². The van der Waals surface area contributed by atoms with E-state index in [0.717, 1.165) is 6.26 Å². The first-order chi connectivity index (χ1) is 15.1.